The fourth-order valence-electron chi connectivity index (χ4n) is 3.07. The Balaban J connectivity index is 1.76. The van der Waals surface area contributed by atoms with Crippen molar-refractivity contribution in [3.63, 3.8) is 0 Å². The summed E-state index contributed by atoms with van der Waals surface area (Å²) in [6.45, 7) is 9.28. The molecule has 0 bridgehead atoms. The van der Waals surface area contributed by atoms with Gasteiger partial charge in [-0.05, 0) is 62.3 Å². The van der Waals surface area contributed by atoms with Crippen LogP contribution in [0.15, 0.2) is 18.2 Å². The summed E-state index contributed by atoms with van der Waals surface area (Å²) in [7, 11) is 0. The molecule has 1 N–H and O–H groups in total. The van der Waals surface area contributed by atoms with Crippen molar-refractivity contribution in [2.45, 2.75) is 52.2 Å². The molecule has 2 heteroatoms. The number of nitrogens with one attached hydrogen (secondary N) is 1. The summed E-state index contributed by atoms with van der Waals surface area (Å²) in [6, 6.07) is 7.51. The van der Waals surface area contributed by atoms with Crippen LogP contribution in [0.2, 0.25) is 0 Å². The third kappa shape index (κ3) is 3.18. The molecule has 1 aliphatic carbocycles. The van der Waals surface area contributed by atoms with E-state index in [0.717, 1.165) is 25.6 Å². The van der Waals surface area contributed by atoms with Crippen LogP contribution in [0.25, 0.3) is 0 Å². The summed E-state index contributed by atoms with van der Waals surface area (Å²) in [5.74, 6) is 0.976. The quantitative estimate of drug-likeness (QED) is 0.873. The van der Waals surface area contributed by atoms with Gasteiger partial charge in [0.25, 0.3) is 0 Å². The molecule has 0 radical (unpaired) electrons. The van der Waals surface area contributed by atoms with E-state index in [9.17, 15) is 0 Å². The normalized spacial score (nSPS) is 18.9. The largest absolute Gasteiger partial charge is 0.312 e. The zero-order valence-corrected chi connectivity index (χ0v) is 12.3. The third-order valence-electron chi connectivity index (χ3n) is 4.53. The van der Waals surface area contributed by atoms with Crippen molar-refractivity contribution in [1.29, 1.82) is 0 Å². The minimum atomic E-state index is 0.651. The Labute approximate surface area is 117 Å². The number of rotatable bonds is 5. The van der Waals surface area contributed by atoms with Crippen molar-refractivity contribution >= 4 is 0 Å². The van der Waals surface area contributed by atoms with E-state index in [2.05, 4.69) is 42.3 Å². The monoisotopic (exact) mass is 258 g/mol. The fourth-order valence-corrected chi connectivity index (χ4v) is 3.07. The molecule has 1 heterocycles. The second-order valence-corrected chi connectivity index (χ2v) is 6.45. The molecule has 2 aliphatic rings. The minimum absolute atomic E-state index is 0.651. The topological polar surface area (TPSA) is 15.3 Å². The molecule has 0 atom stereocenters. The molecule has 104 valence electrons. The fraction of sp³-hybridized carbons (Fsp3) is 0.647. The Morgan fingerprint density at radius 3 is 2.89 bits per heavy atom. The summed E-state index contributed by atoms with van der Waals surface area (Å²) in [5, 5.41) is 3.47. The maximum absolute atomic E-state index is 3.47. The Morgan fingerprint density at radius 1 is 1.32 bits per heavy atom. The van der Waals surface area contributed by atoms with Crippen LogP contribution >= 0.6 is 0 Å². The number of hydrogen-bond acceptors (Lipinski definition) is 2. The highest BCUT2D eigenvalue weighted by atomic mass is 15.1. The Hall–Kier alpha value is -0.860. The average Bonchev–Trinajstić information content (AvgIpc) is 3.22. The molecule has 1 aromatic rings. The van der Waals surface area contributed by atoms with Gasteiger partial charge in [-0.15, -0.1) is 0 Å². The molecule has 0 aromatic heterocycles. The molecular weight excluding hydrogens is 232 g/mol. The van der Waals surface area contributed by atoms with Crippen molar-refractivity contribution in [3.8, 4) is 0 Å². The summed E-state index contributed by atoms with van der Waals surface area (Å²) in [6.07, 6.45) is 4.08. The standard InChI is InChI=1S/C17H26N2/c1-13(2)19(11-14-6-7-14)12-16-5-3-4-15-10-18-9-8-17(15)16/h3-5,13-14,18H,6-12H2,1-2H3. The number of benzene rings is 1. The predicted molar refractivity (Wildman–Crippen MR) is 80.1 cm³/mol. The van der Waals surface area contributed by atoms with Gasteiger partial charge in [-0.2, -0.15) is 0 Å². The first-order valence-electron chi connectivity index (χ1n) is 7.78. The van der Waals surface area contributed by atoms with E-state index >= 15 is 0 Å². The summed E-state index contributed by atoms with van der Waals surface area (Å²) in [4.78, 5) is 2.66. The van der Waals surface area contributed by atoms with Crippen LogP contribution in [-0.2, 0) is 19.5 Å². The van der Waals surface area contributed by atoms with Crippen LogP contribution < -0.4 is 5.32 Å². The second kappa shape index (κ2) is 5.64. The van der Waals surface area contributed by atoms with Crippen LogP contribution in [0.3, 0.4) is 0 Å². The van der Waals surface area contributed by atoms with Crippen LogP contribution in [0.5, 0.6) is 0 Å². The SMILES string of the molecule is CC(C)N(Cc1cccc2c1CCNC2)CC1CC1. The maximum atomic E-state index is 3.47. The molecule has 3 rings (SSSR count). The van der Waals surface area contributed by atoms with Gasteiger partial charge in [-0.25, -0.2) is 0 Å². The maximum Gasteiger partial charge on any atom is 0.0239 e. The van der Waals surface area contributed by atoms with Crippen molar-refractivity contribution in [2.75, 3.05) is 13.1 Å². The van der Waals surface area contributed by atoms with E-state index in [-0.39, 0.29) is 0 Å². The highest BCUT2D eigenvalue weighted by Crippen LogP contribution is 2.31. The van der Waals surface area contributed by atoms with E-state index < -0.39 is 0 Å². The van der Waals surface area contributed by atoms with Gasteiger partial charge in [0.1, 0.15) is 0 Å². The smallest absolute Gasteiger partial charge is 0.0239 e. The lowest BCUT2D eigenvalue weighted by Gasteiger charge is -2.29. The van der Waals surface area contributed by atoms with Gasteiger partial charge in [0.05, 0.1) is 0 Å². The van der Waals surface area contributed by atoms with Crippen LogP contribution in [0, 0.1) is 5.92 Å². The zero-order valence-electron chi connectivity index (χ0n) is 12.3. The first-order valence-corrected chi connectivity index (χ1v) is 7.78. The number of nitrogens with zero attached hydrogens (tertiary/aromatic N) is 1. The van der Waals surface area contributed by atoms with Crippen molar-refractivity contribution in [1.82, 2.24) is 10.2 Å². The average molecular weight is 258 g/mol. The molecule has 0 spiro atoms. The molecule has 1 aromatic carbocycles. The van der Waals surface area contributed by atoms with Crippen molar-refractivity contribution < 1.29 is 0 Å². The van der Waals surface area contributed by atoms with E-state index in [0.29, 0.717) is 6.04 Å². The Kier molecular flexibility index (Phi) is 3.90. The first kappa shape index (κ1) is 13.1. The molecule has 1 fully saturated rings. The summed E-state index contributed by atoms with van der Waals surface area (Å²) >= 11 is 0. The molecule has 0 saturated heterocycles. The number of hydrogen-bond donors (Lipinski definition) is 1. The van der Waals surface area contributed by atoms with E-state index in [1.165, 1.54) is 31.4 Å². The second-order valence-electron chi connectivity index (χ2n) is 6.45. The highest BCUT2D eigenvalue weighted by molar-refractivity contribution is 5.37. The van der Waals surface area contributed by atoms with E-state index in [1.807, 2.05) is 0 Å². The highest BCUT2D eigenvalue weighted by Gasteiger charge is 2.26. The van der Waals surface area contributed by atoms with Crippen molar-refractivity contribution in [3.05, 3.63) is 34.9 Å². The third-order valence-corrected chi connectivity index (χ3v) is 4.53. The summed E-state index contributed by atoms with van der Waals surface area (Å²) in [5.41, 5.74) is 4.69. The van der Waals surface area contributed by atoms with Gasteiger partial charge < -0.3 is 5.32 Å². The molecule has 1 aliphatic heterocycles. The predicted octanol–water partition coefficient (Wildman–Crippen LogP) is 2.95. The molecule has 19 heavy (non-hydrogen) atoms. The van der Waals surface area contributed by atoms with Gasteiger partial charge >= 0.3 is 0 Å². The molecule has 0 amide bonds. The molecular formula is C17H26N2. The van der Waals surface area contributed by atoms with E-state index in [4.69, 9.17) is 0 Å². The molecule has 0 unspecified atom stereocenters. The lowest BCUT2D eigenvalue weighted by Crippen LogP contribution is -2.33. The van der Waals surface area contributed by atoms with Gasteiger partial charge in [0.2, 0.25) is 0 Å². The molecule has 1 saturated carbocycles. The van der Waals surface area contributed by atoms with E-state index in [1.54, 1.807) is 11.1 Å². The van der Waals surface area contributed by atoms with Crippen LogP contribution in [0.4, 0.5) is 0 Å². The minimum Gasteiger partial charge on any atom is -0.312 e. The first-order chi connectivity index (χ1) is 9.24. The van der Waals surface area contributed by atoms with Gasteiger partial charge in [-0.1, -0.05) is 18.2 Å². The summed E-state index contributed by atoms with van der Waals surface area (Å²) < 4.78 is 0. The number of fused-ring (bicyclic) bond motifs is 1. The van der Waals surface area contributed by atoms with Crippen LogP contribution in [0.1, 0.15) is 43.4 Å². The van der Waals surface area contributed by atoms with Crippen molar-refractivity contribution in [2.24, 2.45) is 5.92 Å². The Morgan fingerprint density at radius 2 is 2.16 bits per heavy atom. The Bertz CT molecular complexity index is 435. The zero-order chi connectivity index (χ0) is 13.2. The van der Waals surface area contributed by atoms with Gasteiger partial charge in [0.15, 0.2) is 0 Å². The van der Waals surface area contributed by atoms with Gasteiger partial charge in [0, 0.05) is 25.7 Å². The van der Waals surface area contributed by atoms with Gasteiger partial charge in [-0.3, -0.25) is 4.90 Å². The lowest BCUT2D eigenvalue weighted by molar-refractivity contribution is 0.203. The lowest BCUT2D eigenvalue weighted by atomic mass is 9.95. The molecule has 2 nitrogen and oxygen atoms in total. The van der Waals surface area contributed by atoms with Crippen LogP contribution in [-0.4, -0.2) is 24.0 Å².